The Bertz CT molecular complexity index is 1740. The standard InChI is InChI=1S/C33H38N6O10/c1-4-11-35-30(46)25-27(43)33(49)19-8-6-7-17(24(19)39-32(33)48)18-12-16(9-10-22(18)40)13-20(37-31(47)26(42)15(3)5-2)28(44)36-21(14-23(34)41)29(45)38-25/h4,6-12,15,20-21,25,27,40,43,49H,5,13-14H2,1-3H3,(H2,34,41)(H,35,46)(H,36,44)(H,37,47)(H,38,45)(H,39,48)/b11-4-/t15-,20-,21-,25-,27-,33+/m0/s1. The van der Waals surface area contributed by atoms with Crippen LogP contribution in [0.25, 0.3) is 11.1 Å². The monoisotopic (exact) mass is 678 g/mol. The fraction of sp³-hybridized carbons (Fsp3) is 0.364. The summed E-state index contributed by atoms with van der Waals surface area (Å²) < 4.78 is 0. The van der Waals surface area contributed by atoms with Crippen LogP contribution in [0.5, 0.6) is 5.75 Å². The Morgan fingerprint density at radius 1 is 1.08 bits per heavy atom. The molecule has 6 bridgehead atoms. The maximum Gasteiger partial charge on any atom is 0.288 e. The van der Waals surface area contributed by atoms with Crippen LogP contribution in [0.1, 0.15) is 44.7 Å². The second kappa shape index (κ2) is 14.7. The molecule has 0 aliphatic carbocycles. The van der Waals surface area contributed by atoms with Crippen molar-refractivity contribution in [2.45, 2.75) is 69.9 Å². The van der Waals surface area contributed by atoms with Crippen LogP contribution < -0.4 is 32.3 Å². The number of phenols is 1. The molecule has 2 heterocycles. The lowest BCUT2D eigenvalue weighted by molar-refractivity contribution is -0.155. The zero-order valence-corrected chi connectivity index (χ0v) is 26.9. The summed E-state index contributed by atoms with van der Waals surface area (Å²) >= 11 is 0. The lowest BCUT2D eigenvalue weighted by atomic mass is 9.83. The molecule has 4 rings (SSSR count). The number of ketones is 1. The van der Waals surface area contributed by atoms with Gasteiger partial charge in [0.1, 0.15) is 30.0 Å². The Balaban J connectivity index is 1.93. The van der Waals surface area contributed by atoms with Gasteiger partial charge < -0.3 is 47.6 Å². The van der Waals surface area contributed by atoms with Gasteiger partial charge in [0.05, 0.1) is 12.1 Å². The van der Waals surface area contributed by atoms with E-state index >= 15 is 0 Å². The van der Waals surface area contributed by atoms with Crippen LogP contribution in [0.2, 0.25) is 0 Å². The van der Waals surface area contributed by atoms with E-state index < -0.39 is 83.4 Å². The van der Waals surface area contributed by atoms with Gasteiger partial charge in [0.25, 0.3) is 11.8 Å². The number of phenolic OH excluding ortho intramolecular Hbond substituents is 1. The first-order valence-corrected chi connectivity index (χ1v) is 15.5. The lowest BCUT2D eigenvalue weighted by Gasteiger charge is -2.33. The number of hydrogen-bond acceptors (Lipinski definition) is 10. The third-order valence-electron chi connectivity index (χ3n) is 8.51. The predicted octanol–water partition coefficient (Wildman–Crippen LogP) is -1.29. The van der Waals surface area contributed by atoms with Gasteiger partial charge in [0.15, 0.2) is 5.60 Å². The Hall–Kier alpha value is -5.61. The quantitative estimate of drug-likeness (QED) is 0.149. The highest BCUT2D eigenvalue weighted by Gasteiger charge is 2.56. The topological polar surface area (TPSA) is 266 Å². The normalized spacial score (nSPS) is 24.3. The number of aliphatic hydroxyl groups excluding tert-OH is 1. The van der Waals surface area contributed by atoms with E-state index in [1.54, 1.807) is 13.8 Å². The van der Waals surface area contributed by atoms with E-state index in [1.165, 1.54) is 49.4 Å². The van der Waals surface area contributed by atoms with Crippen molar-refractivity contribution in [3.63, 3.8) is 0 Å². The number of hydrogen-bond donors (Lipinski definition) is 9. The number of primary amides is 1. The first-order chi connectivity index (χ1) is 23.1. The molecule has 0 saturated heterocycles. The number of allylic oxidation sites excluding steroid dienone is 1. The van der Waals surface area contributed by atoms with Crippen molar-refractivity contribution >= 4 is 46.9 Å². The van der Waals surface area contributed by atoms with Crippen molar-refractivity contribution in [2.75, 3.05) is 5.32 Å². The minimum absolute atomic E-state index is 0.0270. The molecule has 6 amide bonds. The summed E-state index contributed by atoms with van der Waals surface area (Å²) in [5.74, 6) is -8.38. The largest absolute Gasteiger partial charge is 0.507 e. The number of para-hydroxylation sites is 1. The van der Waals surface area contributed by atoms with Crippen LogP contribution in [0, 0.1) is 5.92 Å². The number of carbonyl (C=O) groups is 7. The van der Waals surface area contributed by atoms with Crippen LogP contribution in [0.3, 0.4) is 0 Å². The fourth-order valence-corrected chi connectivity index (χ4v) is 5.58. The number of aromatic hydroxyl groups is 1. The highest BCUT2D eigenvalue weighted by molar-refractivity contribution is 6.37. The molecule has 2 aromatic rings. The number of Topliss-reactive ketones (excluding diaryl/α,β-unsaturated/α-hetero) is 1. The number of carbonyl (C=O) groups excluding carboxylic acids is 7. The molecule has 16 nitrogen and oxygen atoms in total. The first-order valence-electron chi connectivity index (χ1n) is 15.5. The molecule has 2 aliphatic rings. The van der Waals surface area contributed by atoms with E-state index in [0.717, 1.165) is 6.20 Å². The third-order valence-corrected chi connectivity index (χ3v) is 8.51. The zero-order valence-electron chi connectivity index (χ0n) is 26.9. The maximum atomic E-state index is 13.7. The van der Waals surface area contributed by atoms with Gasteiger partial charge in [0, 0.05) is 29.0 Å². The summed E-state index contributed by atoms with van der Waals surface area (Å²) in [4.78, 5) is 91.8. The summed E-state index contributed by atoms with van der Waals surface area (Å²) in [5, 5.41) is 46.0. The zero-order chi connectivity index (χ0) is 36.2. The van der Waals surface area contributed by atoms with Crippen LogP contribution in [0.4, 0.5) is 5.69 Å². The number of fused-ring (bicyclic) bond motifs is 3. The van der Waals surface area contributed by atoms with Crippen LogP contribution in [-0.4, -0.2) is 80.8 Å². The number of anilines is 1. The Labute approximate surface area is 280 Å². The summed E-state index contributed by atoms with van der Waals surface area (Å²) in [6, 6.07) is 3.02. The average molecular weight is 679 g/mol. The summed E-state index contributed by atoms with van der Waals surface area (Å²) in [5.41, 5.74) is 2.95. The van der Waals surface area contributed by atoms with Gasteiger partial charge in [-0.15, -0.1) is 0 Å². The second-order valence-electron chi connectivity index (χ2n) is 11.9. The molecule has 49 heavy (non-hydrogen) atoms. The molecule has 0 aromatic heterocycles. The van der Waals surface area contributed by atoms with Crippen molar-refractivity contribution in [3.8, 4) is 16.9 Å². The molecule has 6 atom stereocenters. The summed E-state index contributed by atoms with van der Waals surface area (Å²) in [6.07, 6.45) is -0.553. The number of amides is 6. The lowest BCUT2D eigenvalue weighted by Crippen LogP contribution is -2.64. The van der Waals surface area contributed by atoms with Crippen LogP contribution in [-0.2, 0) is 45.6 Å². The smallest absolute Gasteiger partial charge is 0.288 e. The first kappa shape index (κ1) is 36.2. The minimum Gasteiger partial charge on any atom is -0.507 e. The number of rotatable bonds is 8. The van der Waals surface area contributed by atoms with Gasteiger partial charge >= 0.3 is 0 Å². The summed E-state index contributed by atoms with van der Waals surface area (Å²) in [7, 11) is 0. The molecule has 16 heteroatoms. The molecule has 0 radical (unpaired) electrons. The molecule has 2 aromatic carbocycles. The van der Waals surface area contributed by atoms with Crippen LogP contribution in [0.15, 0.2) is 48.7 Å². The van der Waals surface area contributed by atoms with Crippen molar-refractivity contribution in [3.05, 3.63) is 59.8 Å². The molecule has 0 fully saturated rings. The highest BCUT2D eigenvalue weighted by atomic mass is 16.4. The van der Waals surface area contributed by atoms with Crippen molar-refractivity contribution in [2.24, 2.45) is 11.7 Å². The molecule has 0 saturated carbocycles. The second-order valence-corrected chi connectivity index (χ2v) is 11.9. The average Bonchev–Trinajstić information content (AvgIpc) is 3.34. The Morgan fingerprint density at radius 2 is 1.80 bits per heavy atom. The number of benzene rings is 2. The van der Waals surface area contributed by atoms with E-state index in [-0.39, 0.29) is 34.5 Å². The third kappa shape index (κ3) is 7.29. The van der Waals surface area contributed by atoms with E-state index in [9.17, 15) is 48.9 Å². The molecule has 0 unspecified atom stereocenters. The fourth-order valence-electron chi connectivity index (χ4n) is 5.58. The van der Waals surface area contributed by atoms with Crippen molar-refractivity contribution < 1.29 is 48.9 Å². The Morgan fingerprint density at radius 3 is 2.45 bits per heavy atom. The van der Waals surface area contributed by atoms with Crippen LogP contribution >= 0.6 is 0 Å². The maximum absolute atomic E-state index is 13.7. The van der Waals surface area contributed by atoms with E-state index in [0.29, 0.717) is 12.0 Å². The predicted molar refractivity (Wildman–Crippen MR) is 173 cm³/mol. The van der Waals surface area contributed by atoms with E-state index in [2.05, 4.69) is 26.6 Å². The summed E-state index contributed by atoms with van der Waals surface area (Å²) in [6.45, 7) is 4.79. The molecular weight excluding hydrogens is 640 g/mol. The number of nitrogens with two attached hydrogens (primary N) is 1. The highest BCUT2D eigenvalue weighted by Crippen LogP contribution is 2.46. The number of nitrogens with one attached hydrogen (secondary N) is 5. The van der Waals surface area contributed by atoms with Crippen molar-refractivity contribution in [1.82, 2.24) is 21.3 Å². The van der Waals surface area contributed by atoms with Gasteiger partial charge in [0.2, 0.25) is 29.4 Å². The van der Waals surface area contributed by atoms with E-state index in [4.69, 9.17) is 5.73 Å². The van der Waals surface area contributed by atoms with Gasteiger partial charge in [-0.1, -0.05) is 44.2 Å². The molecule has 10 N–H and O–H groups in total. The molecule has 2 aliphatic heterocycles. The van der Waals surface area contributed by atoms with Gasteiger partial charge in [-0.05, 0) is 37.2 Å². The number of aliphatic hydroxyl groups is 2. The Kier molecular flexibility index (Phi) is 10.8. The molecule has 0 spiro atoms. The van der Waals surface area contributed by atoms with Gasteiger partial charge in [-0.3, -0.25) is 33.6 Å². The minimum atomic E-state index is -2.83. The van der Waals surface area contributed by atoms with Crippen molar-refractivity contribution in [1.29, 1.82) is 0 Å². The van der Waals surface area contributed by atoms with Gasteiger partial charge in [-0.25, -0.2) is 0 Å². The molecular formula is C33H38N6O10. The van der Waals surface area contributed by atoms with Gasteiger partial charge in [-0.2, -0.15) is 0 Å². The molecule has 260 valence electrons. The SMILES string of the molecule is C/C=C\NC(=O)[C@H]1NC(=O)[C@H](CC(N)=O)NC(=O)[C@@H](NC(=O)C(=O)[C@@H](C)CC)Cc2ccc(O)c(c2)-c2cccc3c2NC(=O)[C@]3(O)[C@H]1O. The van der Waals surface area contributed by atoms with E-state index in [1.807, 2.05) is 0 Å².